The Hall–Kier alpha value is -1.61. The van der Waals surface area contributed by atoms with E-state index in [2.05, 4.69) is 29.3 Å². The summed E-state index contributed by atoms with van der Waals surface area (Å²) in [5.41, 5.74) is 7.92. The first-order chi connectivity index (χ1) is 7.75. The lowest BCUT2D eigenvalue weighted by Gasteiger charge is -2.21. The molecule has 1 aromatic rings. The molecule has 2 rings (SSSR count). The Labute approximate surface area is 101 Å². The van der Waals surface area contributed by atoms with Crippen molar-refractivity contribution >= 4 is 17.2 Å². The molecule has 0 unspecified atom stereocenters. The van der Waals surface area contributed by atoms with Gasteiger partial charge in [0, 0.05) is 24.5 Å². The van der Waals surface area contributed by atoms with Crippen LogP contribution in [-0.2, 0) is 6.54 Å². The van der Waals surface area contributed by atoms with Crippen LogP contribution >= 0.6 is 12.2 Å². The van der Waals surface area contributed by atoms with E-state index in [1.54, 1.807) is 0 Å². The van der Waals surface area contributed by atoms with Gasteiger partial charge in [-0.05, 0) is 12.0 Å². The molecule has 1 heterocycles. The molecule has 3 heteroatoms. The van der Waals surface area contributed by atoms with E-state index in [1.165, 1.54) is 5.56 Å². The van der Waals surface area contributed by atoms with Crippen molar-refractivity contribution in [3.8, 4) is 0 Å². The van der Waals surface area contributed by atoms with Gasteiger partial charge >= 0.3 is 0 Å². The second-order valence-corrected chi connectivity index (χ2v) is 4.21. The van der Waals surface area contributed by atoms with E-state index in [0.717, 1.165) is 18.5 Å². The predicted molar refractivity (Wildman–Crippen MR) is 70.6 cm³/mol. The van der Waals surface area contributed by atoms with Crippen LogP contribution in [0.15, 0.2) is 54.4 Å². The van der Waals surface area contributed by atoms with Crippen LogP contribution in [-0.4, -0.2) is 9.89 Å². The van der Waals surface area contributed by atoms with Gasteiger partial charge in [-0.25, -0.2) is 0 Å². The average molecular weight is 230 g/mol. The molecule has 0 bridgehead atoms. The maximum Gasteiger partial charge on any atom is 0.101 e. The summed E-state index contributed by atoms with van der Waals surface area (Å²) in [6.07, 6.45) is 7.00. The zero-order chi connectivity index (χ0) is 11.4. The molecule has 82 valence electrons. The molecule has 1 aliphatic heterocycles. The largest absolute Gasteiger partial charge is 0.390 e. The lowest BCUT2D eigenvalue weighted by atomic mass is 10.1. The van der Waals surface area contributed by atoms with E-state index in [0.29, 0.717) is 4.99 Å². The fourth-order valence-electron chi connectivity index (χ4n) is 1.67. The van der Waals surface area contributed by atoms with E-state index in [9.17, 15) is 0 Å². The first kappa shape index (κ1) is 10.9. The number of benzene rings is 1. The van der Waals surface area contributed by atoms with Gasteiger partial charge in [0.15, 0.2) is 0 Å². The fourth-order valence-corrected chi connectivity index (χ4v) is 1.80. The minimum Gasteiger partial charge on any atom is -0.390 e. The van der Waals surface area contributed by atoms with Crippen LogP contribution in [0.5, 0.6) is 0 Å². The van der Waals surface area contributed by atoms with Crippen molar-refractivity contribution in [1.29, 1.82) is 0 Å². The van der Waals surface area contributed by atoms with E-state index < -0.39 is 0 Å². The highest BCUT2D eigenvalue weighted by Crippen LogP contribution is 2.15. The minimum atomic E-state index is 0.488. The maximum atomic E-state index is 5.63. The molecular weight excluding hydrogens is 216 g/mol. The average Bonchev–Trinajstić information content (AvgIpc) is 2.30. The Morgan fingerprint density at radius 2 is 2.06 bits per heavy atom. The zero-order valence-electron chi connectivity index (χ0n) is 8.97. The molecule has 0 saturated heterocycles. The SMILES string of the molecule is NC(=S)C1=CN(Cc2ccccc2)C=CC1. The van der Waals surface area contributed by atoms with Crippen molar-refractivity contribution in [2.75, 3.05) is 0 Å². The summed E-state index contributed by atoms with van der Waals surface area (Å²) in [6, 6.07) is 10.3. The second kappa shape index (κ2) is 4.94. The van der Waals surface area contributed by atoms with E-state index >= 15 is 0 Å². The summed E-state index contributed by atoms with van der Waals surface area (Å²) in [5.74, 6) is 0. The van der Waals surface area contributed by atoms with Crippen molar-refractivity contribution in [2.45, 2.75) is 13.0 Å². The molecule has 2 nitrogen and oxygen atoms in total. The summed E-state index contributed by atoms with van der Waals surface area (Å²) < 4.78 is 0. The van der Waals surface area contributed by atoms with Gasteiger partial charge in [-0.2, -0.15) is 0 Å². The normalized spacial score (nSPS) is 14.8. The highest BCUT2D eigenvalue weighted by atomic mass is 32.1. The maximum absolute atomic E-state index is 5.63. The topological polar surface area (TPSA) is 29.3 Å². The summed E-state index contributed by atoms with van der Waals surface area (Å²) in [4.78, 5) is 2.59. The third kappa shape index (κ3) is 2.70. The number of nitrogens with two attached hydrogens (primary N) is 1. The van der Waals surface area contributed by atoms with Crippen molar-refractivity contribution in [1.82, 2.24) is 4.90 Å². The molecule has 0 spiro atoms. The first-order valence-electron chi connectivity index (χ1n) is 5.22. The number of allylic oxidation sites excluding steroid dienone is 1. The van der Waals surface area contributed by atoms with Gasteiger partial charge < -0.3 is 10.6 Å². The Kier molecular flexibility index (Phi) is 3.37. The summed E-state index contributed by atoms with van der Waals surface area (Å²) >= 11 is 4.98. The van der Waals surface area contributed by atoms with Gasteiger partial charge in [0.05, 0.1) is 0 Å². The lowest BCUT2D eigenvalue weighted by molar-refractivity contribution is 0.490. The van der Waals surface area contributed by atoms with Crippen molar-refractivity contribution in [3.05, 3.63) is 59.9 Å². The molecule has 2 N–H and O–H groups in total. The highest BCUT2D eigenvalue weighted by Gasteiger charge is 2.07. The van der Waals surface area contributed by atoms with Crippen LogP contribution < -0.4 is 5.73 Å². The van der Waals surface area contributed by atoms with Crippen LogP contribution in [0.4, 0.5) is 0 Å². The molecule has 0 radical (unpaired) electrons. The Balaban J connectivity index is 2.08. The Morgan fingerprint density at radius 1 is 1.31 bits per heavy atom. The van der Waals surface area contributed by atoms with E-state index in [1.807, 2.05) is 24.4 Å². The summed E-state index contributed by atoms with van der Waals surface area (Å²) in [5, 5.41) is 0. The fraction of sp³-hybridized carbons (Fsp3) is 0.154. The summed E-state index contributed by atoms with van der Waals surface area (Å²) in [6.45, 7) is 0.851. The molecule has 0 saturated carbocycles. The van der Waals surface area contributed by atoms with Crippen LogP contribution in [0, 0.1) is 0 Å². The number of nitrogens with zero attached hydrogens (tertiary/aromatic N) is 1. The summed E-state index contributed by atoms with van der Waals surface area (Å²) in [7, 11) is 0. The van der Waals surface area contributed by atoms with E-state index in [-0.39, 0.29) is 0 Å². The molecule has 0 aromatic heterocycles. The number of hydrogen-bond donors (Lipinski definition) is 1. The monoisotopic (exact) mass is 230 g/mol. The Bertz CT molecular complexity index is 435. The molecule has 1 aromatic carbocycles. The van der Waals surface area contributed by atoms with Gasteiger partial charge in [-0.3, -0.25) is 0 Å². The van der Waals surface area contributed by atoms with E-state index in [4.69, 9.17) is 18.0 Å². The van der Waals surface area contributed by atoms with Gasteiger partial charge in [0.1, 0.15) is 4.99 Å². The van der Waals surface area contributed by atoms with Crippen molar-refractivity contribution in [2.24, 2.45) is 5.73 Å². The minimum absolute atomic E-state index is 0.488. The highest BCUT2D eigenvalue weighted by molar-refractivity contribution is 7.80. The molecule has 0 aliphatic carbocycles. The number of rotatable bonds is 3. The third-order valence-corrected chi connectivity index (χ3v) is 2.74. The van der Waals surface area contributed by atoms with Gasteiger partial charge in [-0.1, -0.05) is 48.6 Å². The van der Waals surface area contributed by atoms with Crippen molar-refractivity contribution < 1.29 is 0 Å². The number of thiocarbonyl (C=S) groups is 1. The molecule has 0 atom stereocenters. The standard InChI is InChI=1S/C13H14N2S/c14-13(16)12-7-4-8-15(10-12)9-11-5-2-1-3-6-11/h1-6,8,10H,7,9H2,(H2,14,16). The van der Waals surface area contributed by atoms with Crippen LogP contribution in [0.3, 0.4) is 0 Å². The second-order valence-electron chi connectivity index (χ2n) is 3.77. The van der Waals surface area contributed by atoms with Gasteiger partial charge in [0.2, 0.25) is 0 Å². The third-order valence-electron chi connectivity index (χ3n) is 2.48. The van der Waals surface area contributed by atoms with Crippen molar-refractivity contribution in [3.63, 3.8) is 0 Å². The molecule has 16 heavy (non-hydrogen) atoms. The molecule has 0 amide bonds. The molecule has 0 fully saturated rings. The smallest absolute Gasteiger partial charge is 0.101 e. The molecular formula is C13H14N2S. The van der Waals surface area contributed by atoms with Crippen LogP contribution in [0.25, 0.3) is 0 Å². The van der Waals surface area contributed by atoms with Gasteiger partial charge in [0.25, 0.3) is 0 Å². The number of hydrogen-bond acceptors (Lipinski definition) is 2. The van der Waals surface area contributed by atoms with Gasteiger partial charge in [-0.15, -0.1) is 0 Å². The van der Waals surface area contributed by atoms with Crippen LogP contribution in [0.2, 0.25) is 0 Å². The molecule has 1 aliphatic rings. The predicted octanol–water partition coefficient (Wildman–Crippen LogP) is 2.58. The zero-order valence-corrected chi connectivity index (χ0v) is 9.78. The van der Waals surface area contributed by atoms with Crippen LogP contribution in [0.1, 0.15) is 12.0 Å². The quantitative estimate of drug-likeness (QED) is 0.809. The first-order valence-corrected chi connectivity index (χ1v) is 5.63. The Morgan fingerprint density at radius 3 is 2.75 bits per heavy atom. The lowest BCUT2D eigenvalue weighted by Crippen LogP contribution is -2.19.